The van der Waals surface area contributed by atoms with Crippen LogP contribution in [0, 0.1) is 6.92 Å². The van der Waals surface area contributed by atoms with Crippen LogP contribution in [0.5, 0.6) is 5.75 Å². The van der Waals surface area contributed by atoms with Crippen LogP contribution in [0.15, 0.2) is 72.9 Å². The van der Waals surface area contributed by atoms with Crippen LogP contribution in [0.25, 0.3) is 17.0 Å². The summed E-state index contributed by atoms with van der Waals surface area (Å²) in [5.74, 6) is 1.56. The van der Waals surface area contributed by atoms with Gasteiger partial charge in [-0.25, -0.2) is 9.50 Å². The molecule has 0 amide bonds. The van der Waals surface area contributed by atoms with Gasteiger partial charge in [0.15, 0.2) is 11.5 Å². The molecule has 4 rings (SSSR count). The Balaban J connectivity index is 1.53. The van der Waals surface area contributed by atoms with Crippen LogP contribution in [-0.4, -0.2) is 14.6 Å². The van der Waals surface area contributed by atoms with Crippen LogP contribution in [0.1, 0.15) is 11.1 Å². The smallest absolute Gasteiger partial charge is 0.182 e. The van der Waals surface area contributed by atoms with E-state index < -0.39 is 0 Å². The van der Waals surface area contributed by atoms with Crippen LogP contribution < -0.4 is 4.74 Å². The summed E-state index contributed by atoms with van der Waals surface area (Å²) in [6.45, 7) is 2.60. The minimum atomic E-state index is 0.562. The second-order valence-corrected chi connectivity index (χ2v) is 5.69. The fraction of sp³-hybridized carbons (Fsp3) is 0.100. The first-order chi connectivity index (χ1) is 11.8. The largest absolute Gasteiger partial charge is 0.489 e. The monoisotopic (exact) mass is 315 g/mol. The highest BCUT2D eigenvalue weighted by Gasteiger charge is 2.08. The summed E-state index contributed by atoms with van der Waals surface area (Å²) in [5.41, 5.74) is 4.13. The molecular formula is C20H17N3O. The number of fused-ring (bicyclic) bond motifs is 1. The first kappa shape index (κ1) is 14.5. The Kier molecular flexibility index (Phi) is 3.71. The molecule has 4 heteroatoms. The average Bonchev–Trinajstić information content (AvgIpc) is 3.07. The van der Waals surface area contributed by atoms with E-state index in [1.807, 2.05) is 72.2 Å². The molecule has 2 heterocycles. The van der Waals surface area contributed by atoms with Gasteiger partial charge in [-0.05, 0) is 48.4 Å². The van der Waals surface area contributed by atoms with Crippen molar-refractivity contribution in [2.75, 3.05) is 0 Å². The van der Waals surface area contributed by atoms with Gasteiger partial charge in [0.25, 0.3) is 0 Å². The molecule has 4 nitrogen and oxygen atoms in total. The van der Waals surface area contributed by atoms with Crippen LogP contribution in [0.3, 0.4) is 0 Å². The third kappa shape index (κ3) is 2.86. The summed E-state index contributed by atoms with van der Waals surface area (Å²) in [4.78, 5) is 4.62. The van der Waals surface area contributed by atoms with Crippen molar-refractivity contribution in [2.24, 2.45) is 0 Å². The number of benzene rings is 2. The minimum Gasteiger partial charge on any atom is -0.489 e. The summed E-state index contributed by atoms with van der Waals surface area (Å²) in [5, 5.41) is 4.53. The number of hydrogen-bond donors (Lipinski definition) is 0. The lowest BCUT2D eigenvalue weighted by Gasteiger charge is -2.06. The van der Waals surface area contributed by atoms with Gasteiger partial charge in [-0.1, -0.05) is 36.4 Å². The molecule has 4 aromatic rings. The lowest BCUT2D eigenvalue weighted by Crippen LogP contribution is -1.94. The average molecular weight is 315 g/mol. The third-order valence-electron chi connectivity index (χ3n) is 3.92. The van der Waals surface area contributed by atoms with E-state index in [0.717, 1.165) is 33.9 Å². The van der Waals surface area contributed by atoms with Crippen molar-refractivity contribution in [3.05, 3.63) is 84.1 Å². The molecule has 24 heavy (non-hydrogen) atoms. The predicted octanol–water partition coefficient (Wildman–Crippen LogP) is 4.28. The zero-order chi connectivity index (χ0) is 16.4. The molecule has 0 aliphatic heterocycles. The maximum atomic E-state index is 5.81. The van der Waals surface area contributed by atoms with E-state index in [1.165, 1.54) is 0 Å². The van der Waals surface area contributed by atoms with Gasteiger partial charge in [0.1, 0.15) is 12.4 Å². The lowest BCUT2D eigenvalue weighted by molar-refractivity contribution is 0.306. The van der Waals surface area contributed by atoms with E-state index in [-0.39, 0.29) is 0 Å². The van der Waals surface area contributed by atoms with Gasteiger partial charge >= 0.3 is 0 Å². The highest BCUT2D eigenvalue weighted by Crippen LogP contribution is 2.21. The number of ether oxygens (including phenoxy) is 1. The molecule has 2 aromatic heterocycles. The van der Waals surface area contributed by atoms with Gasteiger partial charge in [-0.3, -0.25) is 0 Å². The summed E-state index contributed by atoms with van der Waals surface area (Å²) in [7, 11) is 0. The van der Waals surface area contributed by atoms with Gasteiger partial charge in [-0.15, -0.1) is 5.10 Å². The Labute approximate surface area is 140 Å². The molecule has 0 atom stereocenters. The number of rotatable bonds is 4. The number of aromatic nitrogens is 3. The van der Waals surface area contributed by atoms with E-state index in [1.54, 1.807) is 0 Å². The standard InChI is InChI=1S/C20H17N3O/c1-15-6-5-13-23-20(15)21-19(22-23)17-9-11-18(12-10-17)24-14-16-7-3-2-4-8-16/h2-13H,14H2,1H3. The molecule has 0 aliphatic carbocycles. The first-order valence-corrected chi connectivity index (χ1v) is 7.89. The Bertz CT molecular complexity index is 959. The van der Waals surface area contributed by atoms with Gasteiger partial charge in [-0.2, -0.15) is 0 Å². The van der Waals surface area contributed by atoms with E-state index in [4.69, 9.17) is 4.74 Å². The van der Waals surface area contributed by atoms with Gasteiger partial charge < -0.3 is 4.74 Å². The number of hydrogen-bond acceptors (Lipinski definition) is 3. The van der Waals surface area contributed by atoms with Gasteiger partial charge in [0.05, 0.1) is 0 Å². The first-order valence-electron chi connectivity index (χ1n) is 7.89. The van der Waals surface area contributed by atoms with Gasteiger partial charge in [0, 0.05) is 11.8 Å². The Morgan fingerprint density at radius 3 is 2.46 bits per heavy atom. The highest BCUT2D eigenvalue weighted by atomic mass is 16.5. The summed E-state index contributed by atoms with van der Waals surface area (Å²) in [6, 6.07) is 22.0. The molecule has 0 saturated heterocycles. The fourth-order valence-electron chi connectivity index (χ4n) is 2.60. The van der Waals surface area contributed by atoms with Crippen LogP contribution in [0.2, 0.25) is 0 Å². The van der Waals surface area contributed by atoms with Gasteiger partial charge in [0.2, 0.25) is 0 Å². The molecule has 118 valence electrons. The van der Waals surface area contributed by atoms with E-state index >= 15 is 0 Å². The highest BCUT2D eigenvalue weighted by molar-refractivity contribution is 5.60. The van der Waals surface area contributed by atoms with Crippen LogP contribution in [-0.2, 0) is 6.61 Å². The maximum Gasteiger partial charge on any atom is 0.182 e. The van der Waals surface area contributed by atoms with Crippen molar-refractivity contribution >= 4 is 5.65 Å². The molecule has 0 bridgehead atoms. The number of pyridine rings is 1. The third-order valence-corrected chi connectivity index (χ3v) is 3.92. The number of aryl methyl sites for hydroxylation is 1. The maximum absolute atomic E-state index is 5.81. The summed E-state index contributed by atoms with van der Waals surface area (Å²) in [6.07, 6.45) is 1.91. The van der Waals surface area contributed by atoms with Crippen molar-refractivity contribution in [1.82, 2.24) is 14.6 Å². The molecule has 0 spiro atoms. The molecule has 0 unspecified atom stereocenters. The van der Waals surface area contributed by atoms with Crippen molar-refractivity contribution in [2.45, 2.75) is 13.5 Å². The molecule has 0 fully saturated rings. The fourth-order valence-corrected chi connectivity index (χ4v) is 2.60. The zero-order valence-corrected chi connectivity index (χ0v) is 13.4. The molecule has 0 saturated carbocycles. The SMILES string of the molecule is Cc1cccn2nc(-c3ccc(OCc4ccccc4)cc3)nc12. The molecule has 0 N–H and O–H groups in total. The van der Waals surface area contributed by atoms with E-state index in [9.17, 15) is 0 Å². The molecule has 0 radical (unpaired) electrons. The van der Waals surface area contributed by atoms with Crippen molar-refractivity contribution in [1.29, 1.82) is 0 Å². The Morgan fingerprint density at radius 2 is 1.71 bits per heavy atom. The van der Waals surface area contributed by atoms with E-state index in [2.05, 4.69) is 22.2 Å². The Hall–Kier alpha value is -3.14. The predicted molar refractivity (Wildman–Crippen MR) is 93.9 cm³/mol. The second kappa shape index (κ2) is 6.16. The topological polar surface area (TPSA) is 39.4 Å². The normalized spacial score (nSPS) is 10.9. The number of nitrogens with zero attached hydrogens (tertiary/aromatic N) is 3. The van der Waals surface area contributed by atoms with Crippen molar-refractivity contribution < 1.29 is 4.74 Å². The van der Waals surface area contributed by atoms with Crippen molar-refractivity contribution in [3.63, 3.8) is 0 Å². The molecule has 0 aliphatic rings. The summed E-state index contributed by atoms with van der Waals surface area (Å²) >= 11 is 0. The Morgan fingerprint density at radius 1 is 0.917 bits per heavy atom. The minimum absolute atomic E-state index is 0.562. The quantitative estimate of drug-likeness (QED) is 0.564. The van der Waals surface area contributed by atoms with Crippen LogP contribution in [0.4, 0.5) is 0 Å². The van der Waals surface area contributed by atoms with Crippen molar-refractivity contribution in [3.8, 4) is 17.1 Å². The lowest BCUT2D eigenvalue weighted by atomic mass is 10.2. The van der Waals surface area contributed by atoms with E-state index in [0.29, 0.717) is 6.61 Å². The second-order valence-electron chi connectivity index (χ2n) is 5.69. The van der Waals surface area contributed by atoms with Crippen LogP contribution >= 0.6 is 0 Å². The summed E-state index contributed by atoms with van der Waals surface area (Å²) < 4.78 is 7.62. The molecule has 2 aromatic carbocycles. The molecular weight excluding hydrogens is 298 g/mol. The zero-order valence-electron chi connectivity index (χ0n) is 13.4.